The van der Waals surface area contributed by atoms with E-state index in [1.54, 1.807) is 12.1 Å². The fourth-order valence-electron chi connectivity index (χ4n) is 1.36. The average molecular weight is 279 g/mol. The number of rotatable bonds is 5. The number of hydrogen-bond acceptors (Lipinski definition) is 3. The Labute approximate surface area is 118 Å². The molecule has 0 saturated heterocycles. The van der Waals surface area contributed by atoms with Crippen molar-refractivity contribution in [1.29, 1.82) is 0 Å². The highest BCUT2D eigenvalue weighted by Crippen LogP contribution is 2.11. The van der Waals surface area contributed by atoms with E-state index in [0.717, 1.165) is 0 Å². The number of carbonyl (C=O) groups is 2. The second kappa shape index (κ2) is 6.38. The highest BCUT2D eigenvalue weighted by atomic mass is 16.4. The monoisotopic (exact) mass is 279 g/mol. The van der Waals surface area contributed by atoms with Crippen LogP contribution in [0.15, 0.2) is 24.3 Å². The zero-order valence-corrected chi connectivity index (χ0v) is 12.2. The van der Waals surface area contributed by atoms with E-state index in [1.807, 2.05) is 32.8 Å². The summed E-state index contributed by atoms with van der Waals surface area (Å²) in [4.78, 5) is 24.6. The van der Waals surface area contributed by atoms with E-state index in [-0.39, 0.29) is 17.1 Å². The maximum atomic E-state index is 11.8. The molecule has 0 fully saturated rings. The topological polar surface area (TPSA) is 81.7 Å². The van der Waals surface area contributed by atoms with E-state index in [2.05, 4.69) is 10.6 Å². The van der Waals surface area contributed by atoms with Crippen molar-refractivity contribution in [3.63, 3.8) is 0 Å². The van der Waals surface area contributed by atoms with Gasteiger partial charge in [-0.3, -0.25) is 0 Å². The lowest BCUT2D eigenvalue weighted by molar-refractivity contribution is 0.0697. The van der Waals surface area contributed by atoms with Crippen molar-refractivity contribution >= 4 is 17.7 Å². The third-order valence-corrected chi connectivity index (χ3v) is 3.26. The van der Waals surface area contributed by atoms with Gasteiger partial charge in [0, 0.05) is 17.8 Å². The number of anilines is 1. The van der Waals surface area contributed by atoms with Gasteiger partial charge >= 0.3 is 12.0 Å². The Morgan fingerprint density at radius 2 is 1.95 bits per heavy atom. The van der Waals surface area contributed by atoms with Crippen molar-refractivity contribution in [2.45, 2.75) is 19.4 Å². The van der Waals surface area contributed by atoms with Gasteiger partial charge in [0.25, 0.3) is 0 Å². The van der Waals surface area contributed by atoms with Gasteiger partial charge in [0.05, 0.1) is 5.56 Å². The fraction of sp³-hybridized carbons (Fsp3) is 0.429. The molecule has 0 heterocycles. The first-order valence-electron chi connectivity index (χ1n) is 6.28. The Hall–Kier alpha value is -2.08. The van der Waals surface area contributed by atoms with E-state index in [1.165, 1.54) is 12.1 Å². The molecule has 0 spiro atoms. The molecule has 0 radical (unpaired) electrons. The zero-order valence-electron chi connectivity index (χ0n) is 12.2. The number of hydrogen-bond donors (Lipinski definition) is 3. The Morgan fingerprint density at radius 3 is 2.50 bits per heavy atom. The molecule has 20 heavy (non-hydrogen) atoms. The predicted octanol–water partition coefficient (Wildman–Crippen LogP) is 1.85. The number of nitrogens with one attached hydrogen (secondary N) is 2. The first kappa shape index (κ1) is 16.0. The van der Waals surface area contributed by atoms with Crippen molar-refractivity contribution in [2.24, 2.45) is 0 Å². The second-order valence-corrected chi connectivity index (χ2v) is 5.40. The Balaban J connectivity index is 2.59. The fourth-order valence-corrected chi connectivity index (χ4v) is 1.36. The van der Waals surface area contributed by atoms with Crippen molar-refractivity contribution in [2.75, 3.05) is 26.0 Å². The SMILES string of the molecule is CN(C)C(C)(C)CNC(=O)Nc1cccc(C(=O)O)c1. The Morgan fingerprint density at radius 1 is 1.30 bits per heavy atom. The number of nitrogens with zero attached hydrogens (tertiary/aromatic N) is 1. The third-order valence-electron chi connectivity index (χ3n) is 3.26. The summed E-state index contributed by atoms with van der Waals surface area (Å²) in [5, 5.41) is 14.3. The highest BCUT2D eigenvalue weighted by molar-refractivity contribution is 5.93. The third kappa shape index (κ3) is 4.55. The molecule has 0 saturated carbocycles. The second-order valence-electron chi connectivity index (χ2n) is 5.40. The standard InChI is InChI=1S/C14H21N3O3/c1-14(2,17(3)4)9-15-13(20)16-11-7-5-6-10(8-11)12(18)19/h5-8H,9H2,1-4H3,(H,18,19)(H2,15,16,20). The van der Waals surface area contributed by atoms with Gasteiger partial charge < -0.3 is 20.6 Å². The van der Waals surface area contributed by atoms with Gasteiger partial charge in [0.2, 0.25) is 0 Å². The summed E-state index contributed by atoms with van der Waals surface area (Å²) in [6.45, 7) is 4.50. The average Bonchev–Trinajstić information content (AvgIpc) is 2.36. The smallest absolute Gasteiger partial charge is 0.335 e. The predicted molar refractivity (Wildman–Crippen MR) is 78.2 cm³/mol. The highest BCUT2D eigenvalue weighted by Gasteiger charge is 2.21. The summed E-state index contributed by atoms with van der Waals surface area (Å²) in [5.41, 5.74) is 0.418. The largest absolute Gasteiger partial charge is 0.478 e. The van der Waals surface area contributed by atoms with Gasteiger partial charge in [-0.25, -0.2) is 9.59 Å². The minimum atomic E-state index is -1.03. The molecule has 6 nitrogen and oxygen atoms in total. The van der Waals surface area contributed by atoms with Crippen LogP contribution >= 0.6 is 0 Å². The first-order chi connectivity index (χ1) is 9.22. The van der Waals surface area contributed by atoms with Crippen LogP contribution in [0.25, 0.3) is 0 Å². The van der Waals surface area contributed by atoms with Gasteiger partial charge in [-0.15, -0.1) is 0 Å². The van der Waals surface area contributed by atoms with Gasteiger partial charge in [0.1, 0.15) is 0 Å². The summed E-state index contributed by atoms with van der Waals surface area (Å²) >= 11 is 0. The summed E-state index contributed by atoms with van der Waals surface area (Å²) in [6, 6.07) is 5.76. The van der Waals surface area contributed by atoms with Crippen LogP contribution in [-0.2, 0) is 0 Å². The lowest BCUT2D eigenvalue weighted by Gasteiger charge is -2.32. The molecule has 0 atom stereocenters. The summed E-state index contributed by atoms with van der Waals surface area (Å²) in [5.74, 6) is -1.03. The van der Waals surface area contributed by atoms with E-state index >= 15 is 0 Å². The number of carbonyl (C=O) groups excluding carboxylic acids is 1. The molecule has 0 bridgehead atoms. The van der Waals surface area contributed by atoms with Gasteiger partial charge in [0.15, 0.2) is 0 Å². The number of carboxylic acid groups (broad SMARTS) is 1. The summed E-state index contributed by atoms with van der Waals surface area (Å²) in [7, 11) is 3.88. The minimum absolute atomic E-state index is 0.136. The number of likely N-dealkylation sites (N-methyl/N-ethyl adjacent to an activating group) is 1. The minimum Gasteiger partial charge on any atom is -0.478 e. The van der Waals surface area contributed by atoms with Crippen molar-refractivity contribution in [3.05, 3.63) is 29.8 Å². The molecule has 110 valence electrons. The van der Waals surface area contributed by atoms with Crippen molar-refractivity contribution in [3.8, 4) is 0 Å². The molecule has 0 aliphatic heterocycles. The quantitative estimate of drug-likeness (QED) is 0.768. The molecule has 3 N–H and O–H groups in total. The van der Waals surface area contributed by atoms with Crippen LogP contribution in [0.3, 0.4) is 0 Å². The summed E-state index contributed by atoms with van der Waals surface area (Å²) in [6.07, 6.45) is 0. The van der Waals surface area contributed by atoms with Crippen LogP contribution in [0.2, 0.25) is 0 Å². The summed E-state index contributed by atoms with van der Waals surface area (Å²) < 4.78 is 0. The molecule has 2 amide bonds. The van der Waals surface area contributed by atoms with Crippen molar-refractivity contribution < 1.29 is 14.7 Å². The van der Waals surface area contributed by atoms with Crippen LogP contribution in [0.1, 0.15) is 24.2 Å². The van der Waals surface area contributed by atoms with Crippen LogP contribution in [0, 0.1) is 0 Å². The molecule has 0 aliphatic rings. The molecule has 1 aromatic rings. The van der Waals surface area contributed by atoms with Crippen LogP contribution < -0.4 is 10.6 Å². The molecular formula is C14H21N3O3. The Bertz CT molecular complexity index is 498. The Kier molecular flexibility index (Phi) is 5.10. The number of aromatic carboxylic acids is 1. The van der Waals surface area contributed by atoms with Gasteiger partial charge in [-0.2, -0.15) is 0 Å². The number of amides is 2. The van der Waals surface area contributed by atoms with E-state index in [0.29, 0.717) is 12.2 Å². The zero-order chi connectivity index (χ0) is 15.3. The maximum Gasteiger partial charge on any atom is 0.335 e. The molecule has 1 rings (SSSR count). The molecule has 6 heteroatoms. The van der Waals surface area contributed by atoms with Gasteiger partial charge in [-0.05, 0) is 46.1 Å². The van der Waals surface area contributed by atoms with E-state index < -0.39 is 5.97 Å². The lowest BCUT2D eigenvalue weighted by Crippen LogP contribution is -2.49. The van der Waals surface area contributed by atoms with Crippen LogP contribution in [-0.4, -0.2) is 48.2 Å². The number of urea groups is 1. The van der Waals surface area contributed by atoms with E-state index in [9.17, 15) is 9.59 Å². The normalized spacial score (nSPS) is 11.2. The number of benzene rings is 1. The lowest BCUT2D eigenvalue weighted by atomic mass is 10.1. The van der Waals surface area contributed by atoms with Crippen molar-refractivity contribution in [1.82, 2.24) is 10.2 Å². The maximum absolute atomic E-state index is 11.8. The van der Waals surface area contributed by atoms with Crippen LogP contribution in [0.4, 0.5) is 10.5 Å². The molecule has 1 aromatic carbocycles. The first-order valence-corrected chi connectivity index (χ1v) is 6.28. The molecule has 0 unspecified atom stereocenters. The molecule has 0 aromatic heterocycles. The molecular weight excluding hydrogens is 258 g/mol. The van der Waals surface area contributed by atoms with Gasteiger partial charge in [-0.1, -0.05) is 6.07 Å². The molecule has 0 aliphatic carbocycles. The van der Waals surface area contributed by atoms with Crippen LogP contribution in [0.5, 0.6) is 0 Å². The van der Waals surface area contributed by atoms with E-state index in [4.69, 9.17) is 5.11 Å². The number of carboxylic acids is 1.